The predicted octanol–water partition coefficient (Wildman–Crippen LogP) is 2.68. The van der Waals surface area contributed by atoms with Crippen LogP contribution in [-0.2, 0) is 6.54 Å². The van der Waals surface area contributed by atoms with Crippen molar-refractivity contribution in [2.24, 2.45) is 0 Å². The van der Waals surface area contributed by atoms with Gasteiger partial charge in [-0.1, -0.05) is 6.07 Å². The van der Waals surface area contributed by atoms with Gasteiger partial charge in [0.25, 0.3) is 17.4 Å². The van der Waals surface area contributed by atoms with E-state index in [0.29, 0.717) is 55.9 Å². The summed E-state index contributed by atoms with van der Waals surface area (Å²) in [6.45, 7) is 5.48. The minimum absolute atomic E-state index is 0.0529. The van der Waals surface area contributed by atoms with Crippen LogP contribution in [0.5, 0.6) is 11.5 Å². The van der Waals surface area contributed by atoms with Gasteiger partial charge in [-0.15, -0.1) is 0 Å². The molecule has 2 aromatic heterocycles. The van der Waals surface area contributed by atoms with Crippen molar-refractivity contribution in [3.8, 4) is 11.5 Å². The molecule has 2 aliphatic rings. The van der Waals surface area contributed by atoms with Crippen molar-refractivity contribution in [3.63, 3.8) is 0 Å². The van der Waals surface area contributed by atoms with E-state index < -0.39 is 11.4 Å². The lowest BCUT2D eigenvalue weighted by molar-refractivity contribution is 0.0683. The number of fused-ring (bicyclic) bond motifs is 7. The summed E-state index contributed by atoms with van der Waals surface area (Å²) in [5, 5.41) is 4.66. The Morgan fingerprint density at radius 2 is 1.97 bits per heavy atom. The molecular formula is C26H30FN5O5. The van der Waals surface area contributed by atoms with Gasteiger partial charge < -0.3 is 23.8 Å². The molecule has 4 heterocycles. The van der Waals surface area contributed by atoms with E-state index in [1.165, 1.54) is 23.9 Å². The molecule has 0 radical (unpaired) electrons. The largest absolute Gasteiger partial charge is 0.493 e. The number of amides is 2. The first-order valence-electron chi connectivity index (χ1n) is 12.5. The summed E-state index contributed by atoms with van der Waals surface area (Å²) >= 11 is 0. The number of nitrogens with zero attached hydrogens (tertiary/aromatic N) is 5. The second kappa shape index (κ2) is 9.53. The summed E-state index contributed by atoms with van der Waals surface area (Å²) < 4.78 is 28.4. The molecule has 37 heavy (non-hydrogen) atoms. The van der Waals surface area contributed by atoms with Gasteiger partial charge in [-0.05, 0) is 32.8 Å². The van der Waals surface area contributed by atoms with E-state index >= 15 is 0 Å². The highest BCUT2D eigenvalue weighted by molar-refractivity contribution is 6.10. The highest BCUT2D eigenvalue weighted by Crippen LogP contribution is 2.39. The van der Waals surface area contributed by atoms with Crippen LogP contribution in [0, 0.1) is 5.82 Å². The van der Waals surface area contributed by atoms with Gasteiger partial charge in [-0.25, -0.2) is 9.07 Å². The molecule has 2 bridgehead atoms. The normalized spacial score (nSPS) is 18.5. The first kappa shape index (κ1) is 24.8. The van der Waals surface area contributed by atoms with Crippen LogP contribution in [0.3, 0.4) is 0 Å². The summed E-state index contributed by atoms with van der Waals surface area (Å²) in [6, 6.07) is 3.91. The monoisotopic (exact) mass is 511 g/mol. The van der Waals surface area contributed by atoms with Crippen molar-refractivity contribution in [1.82, 2.24) is 24.1 Å². The second-order valence-corrected chi connectivity index (χ2v) is 9.51. The molecule has 5 rings (SSSR count). The number of carbonyl (C=O) groups excluding carboxylic acids is 2. The van der Waals surface area contributed by atoms with Crippen LogP contribution < -0.4 is 15.0 Å². The number of halogens is 1. The summed E-state index contributed by atoms with van der Waals surface area (Å²) in [5.41, 5.74) is 0.632. The molecule has 0 N–H and O–H groups in total. The third-order valence-corrected chi connectivity index (χ3v) is 7.10. The van der Waals surface area contributed by atoms with Crippen LogP contribution in [0.15, 0.2) is 23.0 Å². The first-order valence-corrected chi connectivity index (χ1v) is 12.5. The van der Waals surface area contributed by atoms with Crippen molar-refractivity contribution in [2.75, 3.05) is 40.4 Å². The molecule has 2 aliphatic heterocycles. The Labute approximate surface area is 213 Å². The molecule has 0 spiro atoms. The van der Waals surface area contributed by atoms with E-state index in [9.17, 15) is 18.8 Å². The zero-order chi connectivity index (χ0) is 26.4. The topological polar surface area (TPSA) is 98.9 Å². The van der Waals surface area contributed by atoms with E-state index in [1.54, 1.807) is 27.5 Å². The Bertz CT molecular complexity index is 1460. The Kier molecular flexibility index (Phi) is 6.38. The van der Waals surface area contributed by atoms with Gasteiger partial charge in [0.2, 0.25) is 0 Å². The Morgan fingerprint density at radius 3 is 2.70 bits per heavy atom. The Hall–Kier alpha value is -3.89. The summed E-state index contributed by atoms with van der Waals surface area (Å²) in [7, 11) is 3.09. The lowest BCUT2D eigenvalue weighted by atomic mass is 10.2. The molecule has 1 atom stereocenters. The van der Waals surface area contributed by atoms with E-state index in [0.717, 1.165) is 0 Å². The van der Waals surface area contributed by atoms with Crippen molar-refractivity contribution >= 4 is 22.7 Å². The number of benzene rings is 1. The van der Waals surface area contributed by atoms with E-state index in [2.05, 4.69) is 5.10 Å². The molecule has 2 amide bonds. The fraction of sp³-hybridized carbons (Fsp3) is 0.462. The standard InChI is InChI=1S/C26H30FN5O5/c1-5-30-13-15(2)32-21-19(23(36-4)22(32)26(30)35)24(33)31-14-16-8-9-17(27)12-18(16)37-11-7-6-10-29(3)25(34)20(21)28-31/h8-9,12,15H,5-7,10-11,13-14H2,1-4H3/t15-/m0/s1. The van der Waals surface area contributed by atoms with Crippen LogP contribution in [0.2, 0.25) is 0 Å². The predicted molar refractivity (Wildman–Crippen MR) is 134 cm³/mol. The van der Waals surface area contributed by atoms with Crippen LogP contribution in [0.1, 0.15) is 59.3 Å². The lowest BCUT2D eigenvalue weighted by Gasteiger charge is -2.33. The molecule has 0 unspecified atom stereocenters. The van der Waals surface area contributed by atoms with Gasteiger partial charge >= 0.3 is 0 Å². The zero-order valence-electron chi connectivity index (χ0n) is 21.4. The van der Waals surface area contributed by atoms with Gasteiger partial charge in [0, 0.05) is 44.4 Å². The molecular weight excluding hydrogens is 481 g/mol. The number of rotatable bonds is 2. The quantitative estimate of drug-likeness (QED) is 0.525. The third-order valence-electron chi connectivity index (χ3n) is 7.10. The number of ether oxygens (including phenoxy) is 2. The minimum Gasteiger partial charge on any atom is -0.493 e. The first-order chi connectivity index (χ1) is 17.8. The lowest BCUT2D eigenvalue weighted by Crippen LogP contribution is -2.42. The van der Waals surface area contributed by atoms with Crippen molar-refractivity contribution in [1.29, 1.82) is 0 Å². The zero-order valence-corrected chi connectivity index (χ0v) is 21.4. The molecule has 10 nitrogen and oxygen atoms in total. The van der Waals surface area contributed by atoms with Gasteiger partial charge in [0.1, 0.15) is 17.0 Å². The van der Waals surface area contributed by atoms with Crippen LogP contribution in [0.4, 0.5) is 4.39 Å². The number of likely N-dealkylation sites (N-methyl/N-ethyl adjacent to an activating group) is 1. The average Bonchev–Trinajstić information content (AvgIpc) is 3.24. The van der Waals surface area contributed by atoms with Gasteiger partial charge in [-0.2, -0.15) is 5.10 Å². The fourth-order valence-corrected chi connectivity index (χ4v) is 5.21. The van der Waals surface area contributed by atoms with Crippen molar-refractivity contribution < 1.29 is 23.5 Å². The SMILES string of the molecule is CCN1C[C@H](C)n2c(c(OC)c3c(=O)n4nc(c32)C(=O)N(C)CCCCOc2cc(F)ccc2C4)C1=O. The average molecular weight is 512 g/mol. The van der Waals surface area contributed by atoms with Gasteiger partial charge in [0.15, 0.2) is 17.1 Å². The summed E-state index contributed by atoms with van der Waals surface area (Å²) in [4.78, 5) is 44.3. The van der Waals surface area contributed by atoms with Crippen molar-refractivity contribution in [2.45, 2.75) is 39.3 Å². The maximum Gasteiger partial charge on any atom is 0.280 e. The Balaban J connectivity index is 1.84. The summed E-state index contributed by atoms with van der Waals surface area (Å²) in [6.07, 6.45) is 1.31. The second-order valence-electron chi connectivity index (χ2n) is 9.51. The molecule has 196 valence electrons. The molecule has 1 aromatic carbocycles. The number of carbonyl (C=O) groups is 2. The van der Waals surface area contributed by atoms with Gasteiger partial charge in [-0.3, -0.25) is 14.4 Å². The number of hydrogen-bond donors (Lipinski definition) is 0. The maximum absolute atomic E-state index is 14.0. The smallest absolute Gasteiger partial charge is 0.280 e. The number of aromatic nitrogens is 3. The highest BCUT2D eigenvalue weighted by Gasteiger charge is 2.38. The molecule has 0 fully saturated rings. The summed E-state index contributed by atoms with van der Waals surface area (Å²) in [5.74, 6) is -0.638. The number of methoxy groups -OCH3 is 1. The van der Waals surface area contributed by atoms with Crippen LogP contribution in [0.25, 0.3) is 10.9 Å². The van der Waals surface area contributed by atoms with Crippen molar-refractivity contribution in [3.05, 3.63) is 51.3 Å². The number of hydrogen-bond acceptors (Lipinski definition) is 6. The highest BCUT2D eigenvalue weighted by atomic mass is 19.1. The van der Waals surface area contributed by atoms with E-state index in [1.807, 2.05) is 13.8 Å². The fourth-order valence-electron chi connectivity index (χ4n) is 5.21. The molecule has 0 saturated carbocycles. The van der Waals surface area contributed by atoms with Crippen LogP contribution in [-0.4, -0.2) is 76.4 Å². The maximum atomic E-state index is 14.0. The van der Waals surface area contributed by atoms with Crippen LogP contribution >= 0.6 is 0 Å². The minimum atomic E-state index is -0.513. The van der Waals surface area contributed by atoms with E-state index in [-0.39, 0.29) is 46.9 Å². The molecule has 0 saturated heterocycles. The molecule has 11 heteroatoms. The van der Waals surface area contributed by atoms with E-state index in [4.69, 9.17) is 9.47 Å². The van der Waals surface area contributed by atoms with Gasteiger partial charge in [0.05, 0.1) is 25.8 Å². The molecule has 3 aromatic rings. The Morgan fingerprint density at radius 1 is 1.19 bits per heavy atom. The molecule has 0 aliphatic carbocycles. The third kappa shape index (κ3) is 4.02.